The van der Waals surface area contributed by atoms with E-state index in [0.29, 0.717) is 42.1 Å². The standard InChI is InChI=1S/C33H36N4O2/c1-6-10-29-28(19-23-13-15-24(16-14-23)27-12-9-8-11-25(27)20-34)32(38)37(30(7-2)36-29)26-17-18-31(35-21-26)39-22-33(3,4)5/h8-9,11-18,21H,6-7,10,19,22H2,1-5H3. The fourth-order valence-corrected chi connectivity index (χ4v) is 4.49. The highest BCUT2D eigenvalue weighted by Crippen LogP contribution is 2.25. The first-order valence-electron chi connectivity index (χ1n) is 13.6. The second-order valence-corrected chi connectivity index (χ2v) is 10.9. The molecule has 0 bridgehead atoms. The maximum atomic E-state index is 14.0. The quantitative estimate of drug-likeness (QED) is 0.245. The molecule has 0 aliphatic carbocycles. The number of ether oxygens (including phenoxy) is 1. The first kappa shape index (κ1) is 27.8. The lowest BCUT2D eigenvalue weighted by atomic mass is 9.97. The molecule has 0 atom stereocenters. The van der Waals surface area contributed by atoms with Crippen LogP contribution in [0, 0.1) is 16.7 Å². The average molecular weight is 521 g/mol. The minimum absolute atomic E-state index is 0.0257. The summed E-state index contributed by atoms with van der Waals surface area (Å²) in [6, 6.07) is 21.6. The molecule has 6 heteroatoms. The number of rotatable bonds is 9. The Hall–Kier alpha value is -4.24. The fourth-order valence-electron chi connectivity index (χ4n) is 4.49. The van der Waals surface area contributed by atoms with Gasteiger partial charge >= 0.3 is 0 Å². The first-order chi connectivity index (χ1) is 18.7. The number of nitrogens with zero attached hydrogens (tertiary/aromatic N) is 4. The van der Waals surface area contributed by atoms with E-state index in [0.717, 1.165) is 41.1 Å². The average Bonchev–Trinajstić information content (AvgIpc) is 2.94. The summed E-state index contributed by atoms with van der Waals surface area (Å²) >= 11 is 0. The molecule has 2 aromatic heterocycles. The zero-order chi connectivity index (χ0) is 28.0. The van der Waals surface area contributed by atoms with Gasteiger partial charge in [-0.05, 0) is 40.7 Å². The largest absolute Gasteiger partial charge is 0.477 e. The second kappa shape index (κ2) is 12.1. The molecule has 4 aromatic rings. The molecule has 4 rings (SSSR count). The van der Waals surface area contributed by atoms with Crippen molar-refractivity contribution in [3.05, 3.63) is 105 Å². The lowest BCUT2D eigenvalue weighted by Gasteiger charge is -2.19. The van der Waals surface area contributed by atoms with Crippen LogP contribution < -0.4 is 10.3 Å². The Labute approximate surface area is 231 Å². The van der Waals surface area contributed by atoms with Gasteiger partial charge in [0.2, 0.25) is 5.88 Å². The van der Waals surface area contributed by atoms with Gasteiger partial charge < -0.3 is 4.74 Å². The molecule has 2 heterocycles. The predicted molar refractivity (Wildman–Crippen MR) is 155 cm³/mol. The van der Waals surface area contributed by atoms with Gasteiger partial charge in [-0.15, -0.1) is 0 Å². The van der Waals surface area contributed by atoms with Crippen LogP contribution in [0.1, 0.15) is 69.2 Å². The first-order valence-corrected chi connectivity index (χ1v) is 13.6. The van der Waals surface area contributed by atoms with Crippen LogP contribution >= 0.6 is 0 Å². The van der Waals surface area contributed by atoms with Crippen LogP contribution in [0.25, 0.3) is 16.8 Å². The topological polar surface area (TPSA) is 80.8 Å². The molecule has 0 radical (unpaired) electrons. The molecule has 200 valence electrons. The van der Waals surface area contributed by atoms with Crippen molar-refractivity contribution in [1.29, 1.82) is 5.26 Å². The van der Waals surface area contributed by atoms with Gasteiger partial charge in [0.1, 0.15) is 5.82 Å². The van der Waals surface area contributed by atoms with E-state index in [1.165, 1.54) is 0 Å². The lowest BCUT2D eigenvalue weighted by molar-refractivity contribution is 0.191. The summed E-state index contributed by atoms with van der Waals surface area (Å²) in [5.74, 6) is 1.26. The van der Waals surface area contributed by atoms with Gasteiger partial charge in [-0.25, -0.2) is 9.97 Å². The molecule has 0 saturated heterocycles. The molecule has 0 aliphatic rings. The molecule has 39 heavy (non-hydrogen) atoms. The molecular weight excluding hydrogens is 484 g/mol. The number of pyridine rings is 1. The van der Waals surface area contributed by atoms with E-state index >= 15 is 0 Å². The van der Waals surface area contributed by atoms with Crippen molar-refractivity contribution in [1.82, 2.24) is 14.5 Å². The number of hydrogen-bond acceptors (Lipinski definition) is 5. The van der Waals surface area contributed by atoms with Crippen LogP contribution in [0.4, 0.5) is 0 Å². The van der Waals surface area contributed by atoms with E-state index in [2.05, 4.69) is 38.7 Å². The van der Waals surface area contributed by atoms with Crippen LogP contribution in [-0.4, -0.2) is 21.1 Å². The van der Waals surface area contributed by atoms with Gasteiger partial charge in [0.25, 0.3) is 5.56 Å². The van der Waals surface area contributed by atoms with Crippen LogP contribution in [-0.2, 0) is 19.3 Å². The summed E-state index contributed by atoms with van der Waals surface area (Å²) in [7, 11) is 0. The summed E-state index contributed by atoms with van der Waals surface area (Å²) in [5, 5.41) is 9.47. The summed E-state index contributed by atoms with van der Waals surface area (Å²) in [4.78, 5) is 23.4. The highest BCUT2D eigenvalue weighted by Gasteiger charge is 2.18. The summed E-state index contributed by atoms with van der Waals surface area (Å²) in [6.45, 7) is 11.0. The minimum atomic E-state index is -0.0608. The van der Waals surface area contributed by atoms with E-state index in [9.17, 15) is 10.1 Å². The van der Waals surface area contributed by atoms with Gasteiger partial charge in [-0.3, -0.25) is 9.36 Å². The molecule has 0 aliphatic heterocycles. The predicted octanol–water partition coefficient (Wildman–Crippen LogP) is 6.70. The third kappa shape index (κ3) is 6.61. The van der Waals surface area contributed by atoms with E-state index < -0.39 is 0 Å². The molecule has 0 unspecified atom stereocenters. The zero-order valence-electron chi connectivity index (χ0n) is 23.5. The van der Waals surface area contributed by atoms with Crippen LogP contribution in [0.5, 0.6) is 5.88 Å². The molecule has 6 nitrogen and oxygen atoms in total. The van der Waals surface area contributed by atoms with E-state index in [4.69, 9.17) is 9.72 Å². The minimum Gasteiger partial charge on any atom is -0.477 e. The van der Waals surface area contributed by atoms with Crippen molar-refractivity contribution in [2.45, 2.75) is 60.3 Å². The third-order valence-corrected chi connectivity index (χ3v) is 6.46. The Morgan fingerprint density at radius 1 is 1.00 bits per heavy atom. The number of benzene rings is 2. The monoisotopic (exact) mass is 520 g/mol. The Morgan fingerprint density at radius 3 is 2.36 bits per heavy atom. The number of nitriles is 1. The molecule has 0 spiro atoms. The van der Waals surface area contributed by atoms with E-state index in [-0.39, 0.29) is 11.0 Å². The third-order valence-electron chi connectivity index (χ3n) is 6.46. The van der Waals surface area contributed by atoms with Crippen molar-refractivity contribution < 1.29 is 4.74 Å². The molecular formula is C33H36N4O2. The smallest absolute Gasteiger partial charge is 0.261 e. The Morgan fingerprint density at radius 2 is 1.74 bits per heavy atom. The maximum Gasteiger partial charge on any atom is 0.261 e. The molecule has 0 saturated carbocycles. The molecule has 0 N–H and O–H groups in total. The van der Waals surface area contributed by atoms with Crippen molar-refractivity contribution in [3.8, 4) is 28.8 Å². The van der Waals surface area contributed by atoms with Crippen molar-refractivity contribution in [2.24, 2.45) is 5.41 Å². The molecule has 0 fully saturated rings. The Bertz CT molecular complexity index is 1520. The van der Waals surface area contributed by atoms with Crippen molar-refractivity contribution in [2.75, 3.05) is 6.61 Å². The molecule has 2 aromatic carbocycles. The van der Waals surface area contributed by atoms with E-state index in [1.54, 1.807) is 10.8 Å². The van der Waals surface area contributed by atoms with Crippen LogP contribution in [0.3, 0.4) is 0 Å². The van der Waals surface area contributed by atoms with Crippen molar-refractivity contribution in [3.63, 3.8) is 0 Å². The van der Waals surface area contributed by atoms with Gasteiger partial charge in [-0.2, -0.15) is 5.26 Å². The number of hydrogen-bond donors (Lipinski definition) is 0. The Kier molecular flexibility index (Phi) is 8.61. The second-order valence-electron chi connectivity index (χ2n) is 10.9. The maximum absolute atomic E-state index is 14.0. The SMILES string of the molecule is CCCc1nc(CC)n(-c2ccc(OCC(C)(C)C)nc2)c(=O)c1Cc1ccc(-c2ccccc2C#N)cc1. The van der Waals surface area contributed by atoms with Crippen LogP contribution in [0.2, 0.25) is 0 Å². The fraction of sp³-hybridized carbons (Fsp3) is 0.333. The van der Waals surface area contributed by atoms with Gasteiger partial charge in [0.15, 0.2) is 0 Å². The summed E-state index contributed by atoms with van der Waals surface area (Å²) < 4.78 is 7.51. The summed E-state index contributed by atoms with van der Waals surface area (Å²) in [6.07, 6.45) is 4.43. The highest BCUT2D eigenvalue weighted by molar-refractivity contribution is 5.70. The number of aromatic nitrogens is 3. The van der Waals surface area contributed by atoms with Gasteiger partial charge in [0, 0.05) is 24.5 Å². The summed E-state index contributed by atoms with van der Waals surface area (Å²) in [5.41, 5.74) is 5.73. The normalized spacial score (nSPS) is 11.3. The van der Waals surface area contributed by atoms with Gasteiger partial charge in [0.05, 0.1) is 35.8 Å². The lowest BCUT2D eigenvalue weighted by Crippen LogP contribution is -2.29. The Balaban J connectivity index is 1.69. The number of aryl methyl sites for hydroxylation is 2. The van der Waals surface area contributed by atoms with E-state index in [1.807, 2.05) is 67.6 Å². The zero-order valence-corrected chi connectivity index (χ0v) is 23.5. The van der Waals surface area contributed by atoms with Crippen molar-refractivity contribution >= 4 is 0 Å². The highest BCUT2D eigenvalue weighted by atomic mass is 16.5. The van der Waals surface area contributed by atoms with Crippen LogP contribution in [0.15, 0.2) is 71.7 Å². The van der Waals surface area contributed by atoms with Gasteiger partial charge in [-0.1, -0.05) is 83.5 Å². The molecule has 0 amide bonds.